The molecule has 4 rings (SSSR count). The van der Waals surface area contributed by atoms with Gasteiger partial charge in [0.05, 0.1) is 0 Å². The van der Waals surface area contributed by atoms with Crippen LogP contribution in [0.5, 0.6) is 11.5 Å². The van der Waals surface area contributed by atoms with Gasteiger partial charge in [-0.25, -0.2) is 0 Å². The minimum Gasteiger partial charge on any atom is -0.508 e. The summed E-state index contributed by atoms with van der Waals surface area (Å²) in [6.45, 7) is 0.511. The van der Waals surface area contributed by atoms with Crippen molar-refractivity contribution in [3.8, 4) is 11.5 Å². The third-order valence-corrected chi connectivity index (χ3v) is 5.61. The Labute approximate surface area is 175 Å². The molecule has 152 valence electrons. The van der Waals surface area contributed by atoms with Crippen molar-refractivity contribution in [1.82, 2.24) is 5.32 Å². The highest BCUT2D eigenvalue weighted by Crippen LogP contribution is 2.36. The maximum Gasteiger partial charge on any atom is 0.220 e. The Morgan fingerprint density at radius 1 is 0.867 bits per heavy atom. The first kappa shape index (κ1) is 19.7. The molecule has 3 N–H and O–H groups in total. The fourth-order valence-corrected chi connectivity index (χ4v) is 4.09. The molecule has 0 radical (unpaired) electrons. The Morgan fingerprint density at radius 3 is 2.00 bits per heavy atom. The zero-order chi connectivity index (χ0) is 21.1. The average molecular weight is 401 g/mol. The van der Waals surface area contributed by atoms with E-state index in [2.05, 4.69) is 5.32 Å². The molecule has 5 nitrogen and oxygen atoms in total. The monoisotopic (exact) mass is 401 g/mol. The SMILES string of the molecule is O=C1CC(C(=O)c2ccccc2C(c2ccc(O)cc2)c2ccc(O)cc2)CCN1. The molecular formula is C25H23NO4. The van der Waals surface area contributed by atoms with Crippen LogP contribution in [0.4, 0.5) is 0 Å². The number of hydrogen-bond acceptors (Lipinski definition) is 4. The van der Waals surface area contributed by atoms with Crippen molar-refractivity contribution in [1.29, 1.82) is 0 Å². The van der Waals surface area contributed by atoms with Gasteiger partial charge in [-0.15, -0.1) is 0 Å². The first-order valence-corrected chi connectivity index (χ1v) is 10.0. The lowest BCUT2D eigenvalue weighted by molar-refractivity contribution is -0.123. The lowest BCUT2D eigenvalue weighted by Crippen LogP contribution is -2.36. The number of phenols is 2. The first-order valence-electron chi connectivity index (χ1n) is 10.0. The summed E-state index contributed by atoms with van der Waals surface area (Å²) in [6, 6.07) is 21.3. The van der Waals surface area contributed by atoms with E-state index in [-0.39, 0.29) is 41.4 Å². The number of rotatable bonds is 5. The molecular weight excluding hydrogens is 378 g/mol. The van der Waals surface area contributed by atoms with E-state index in [9.17, 15) is 19.8 Å². The van der Waals surface area contributed by atoms with Gasteiger partial charge in [-0.2, -0.15) is 0 Å². The number of carbonyl (C=O) groups is 2. The van der Waals surface area contributed by atoms with Crippen LogP contribution in [-0.2, 0) is 4.79 Å². The summed E-state index contributed by atoms with van der Waals surface area (Å²) < 4.78 is 0. The lowest BCUT2D eigenvalue weighted by atomic mass is 9.79. The molecule has 0 aliphatic carbocycles. The third-order valence-electron chi connectivity index (χ3n) is 5.61. The fourth-order valence-electron chi connectivity index (χ4n) is 4.09. The summed E-state index contributed by atoms with van der Waals surface area (Å²) in [5, 5.41) is 22.2. The summed E-state index contributed by atoms with van der Waals surface area (Å²) in [5.41, 5.74) is 3.27. The quantitative estimate of drug-likeness (QED) is 0.446. The summed E-state index contributed by atoms with van der Waals surface area (Å²) in [4.78, 5) is 25.2. The van der Waals surface area contributed by atoms with E-state index in [0.717, 1.165) is 16.7 Å². The highest BCUT2D eigenvalue weighted by Gasteiger charge is 2.30. The molecule has 1 amide bonds. The van der Waals surface area contributed by atoms with Crippen LogP contribution in [-0.4, -0.2) is 28.4 Å². The van der Waals surface area contributed by atoms with Crippen LogP contribution in [0, 0.1) is 5.92 Å². The van der Waals surface area contributed by atoms with Crippen molar-refractivity contribution < 1.29 is 19.8 Å². The molecule has 1 heterocycles. The van der Waals surface area contributed by atoms with Crippen LogP contribution in [0.3, 0.4) is 0 Å². The number of Topliss-reactive ketones (excluding diaryl/α,β-unsaturated/α-hetero) is 1. The molecule has 0 saturated carbocycles. The molecule has 1 saturated heterocycles. The highest BCUT2D eigenvalue weighted by atomic mass is 16.3. The van der Waals surface area contributed by atoms with E-state index >= 15 is 0 Å². The second-order valence-electron chi connectivity index (χ2n) is 7.61. The second kappa shape index (κ2) is 8.41. The van der Waals surface area contributed by atoms with Gasteiger partial charge < -0.3 is 15.5 Å². The molecule has 1 atom stereocenters. The standard InChI is InChI=1S/C25H23NO4/c27-19-9-5-16(6-10-19)24(17-7-11-20(28)12-8-17)21-3-1-2-4-22(21)25(30)18-13-14-26-23(29)15-18/h1-12,18,24,27-28H,13-15H2,(H,26,29). The van der Waals surface area contributed by atoms with Crippen molar-refractivity contribution in [2.45, 2.75) is 18.8 Å². The van der Waals surface area contributed by atoms with Crippen molar-refractivity contribution in [2.24, 2.45) is 5.92 Å². The molecule has 3 aromatic carbocycles. The van der Waals surface area contributed by atoms with Crippen LogP contribution in [0.2, 0.25) is 0 Å². The largest absolute Gasteiger partial charge is 0.508 e. The molecule has 3 aromatic rings. The molecule has 0 aromatic heterocycles. The number of nitrogens with one attached hydrogen (secondary N) is 1. The number of amides is 1. The zero-order valence-corrected chi connectivity index (χ0v) is 16.4. The topological polar surface area (TPSA) is 86.6 Å². The lowest BCUT2D eigenvalue weighted by Gasteiger charge is -2.25. The molecule has 0 spiro atoms. The summed E-state index contributed by atoms with van der Waals surface area (Å²) >= 11 is 0. The molecule has 5 heteroatoms. The Morgan fingerprint density at radius 2 is 1.43 bits per heavy atom. The van der Waals surface area contributed by atoms with Gasteiger partial charge >= 0.3 is 0 Å². The Bertz CT molecular complexity index is 1010. The number of hydrogen-bond donors (Lipinski definition) is 3. The molecule has 1 unspecified atom stereocenters. The van der Waals surface area contributed by atoms with Crippen LogP contribution in [0.25, 0.3) is 0 Å². The minimum atomic E-state index is -0.333. The predicted octanol–water partition coefficient (Wildman–Crippen LogP) is 3.99. The summed E-state index contributed by atoms with van der Waals surface area (Å²) in [5.74, 6) is -0.376. The maximum absolute atomic E-state index is 13.4. The third kappa shape index (κ3) is 4.06. The van der Waals surface area contributed by atoms with E-state index < -0.39 is 0 Å². The summed E-state index contributed by atoms with van der Waals surface area (Å²) in [7, 11) is 0. The smallest absolute Gasteiger partial charge is 0.220 e. The van der Waals surface area contributed by atoms with Crippen molar-refractivity contribution in [2.75, 3.05) is 6.54 Å². The van der Waals surface area contributed by atoms with Gasteiger partial charge in [0.15, 0.2) is 5.78 Å². The normalized spacial score (nSPS) is 16.3. The Kier molecular flexibility index (Phi) is 5.53. The van der Waals surface area contributed by atoms with Gasteiger partial charge in [-0.05, 0) is 47.4 Å². The predicted molar refractivity (Wildman–Crippen MR) is 114 cm³/mol. The summed E-state index contributed by atoms with van der Waals surface area (Å²) in [6.07, 6.45) is 0.832. The molecule has 1 aliphatic heterocycles. The molecule has 0 bridgehead atoms. The Hall–Kier alpha value is -3.60. The number of piperidine rings is 1. The van der Waals surface area contributed by atoms with Crippen LogP contribution >= 0.6 is 0 Å². The second-order valence-corrected chi connectivity index (χ2v) is 7.61. The van der Waals surface area contributed by atoms with Gasteiger partial charge in [0.1, 0.15) is 11.5 Å². The van der Waals surface area contributed by atoms with E-state index in [1.807, 2.05) is 48.5 Å². The van der Waals surface area contributed by atoms with E-state index in [1.165, 1.54) is 0 Å². The van der Waals surface area contributed by atoms with Crippen LogP contribution in [0.15, 0.2) is 72.8 Å². The Balaban J connectivity index is 1.81. The van der Waals surface area contributed by atoms with Crippen molar-refractivity contribution in [3.05, 3.63) is 95.1 Å². The van der Waals surface area contributed by atoms with Gasteiger partial charge in [0.25, 0.3) is 0 Å². The van der Waals surface area contributed by atoms with E-state index in [1.54, 1.807) is 24.3 Å². The average Bonchev–Trinajstić information content (AvgIpc) is 2.76. The van der Waals surface area contributed by atoms with Crippen LogP contribution < -0.4 is 5.32 Å². The zero-order valence-electron chi connectivity index (χ0n) is 16.4. The number of carbonyl (C=O) groups excluding carboxylic acids is 2. The van der Waals surface area contributed by atoms with Gasteiger partial charge in [0.2, 0.25) is 5.91 Å². The van der Waals surface area contributed by atoms with Crippen LogP contribution in [0.1, 0.15) is 45.8 Å². The van der Waals surface area contributed by atoms with Gasteiger partial charge in [-0.1, -0.05) is 48.5 Å². The highest BCUT2D eigenvalue weighted by molar-refractivity contribution is 6.01. The number of benzene rings is 3. The number of ketones is 1. The molecule has 1 aliphatic rings. The maximum atomic E-state index is 13.4. The molecule has 1 fully saturated rings. The first-order chi connectivity index (χ1) is 14.5. The minimum absolute atomic E-state index is 0.0250. The van der Waals surface area contributed by atoms with Gasteiger partial charge in [-0.3, -0.25) is 9.59 Å². The fraction of sp³-hybridized carbons (Fsp3) is 0.200. The van der Waals surface area contributed by atoms with Crippen molar-refractivity contribution >= 4 is 11.7 Å². The van der Waals surface area contributed by atoms with E-state index in [4.69, 9.17) is 0 Å². The van der Waals surface area contributed by atoms with Gasteiger partial charge in [0, 0.05) is 30.4 Å². The number of phenolic OH excluding ortho intramolecular Hbond substituents is 2. The molecule has 30 heavy (non-hydrogen) atoms. The van der Waals surface area contributed by atoms with Crippen molar-refractivity contribution in [3.63, 3.8) is 0 Å². The van der Waals surface area contributed by atoms with E-state index in [0.29, 0.717) is 18.5 Å². The number of aromatic hydroxyl groups is 2.